The van der Waals surface area contributed by atoms with E-state index in [0.29, 0.717) is 22.1 Å². The van der Waals surface area contributed by atoms with Crippen LogP contribution in [0.2, 0.25) is 5.02 Å². The van der Waals surface area contributed by atoms with Crippen molar-refractivity contribution in [2.24, 2.45) is 0 Å². The molecule has 1 aromatic carbocycles. The number of aryl methyl sites for hydroxylation is 1. The summed E-state index contributed by atoms with van der Waals surface area (Å²) in [6.07, 6.45) is 3.76. The molecule has 0 aliphatic heterocycles. The van der Waals surface area contributed by atoms with Gasteiger partial charge in [0.1, 0.15) is 23.2 Å². The number of nitriles is 1. The molecule has 4 nitrogen and oxygen atoms in total. The summed E-state index contributed by atoms with van der Waals surface area (Å²) in [5, 5.41) is 10.1. The molecular weight excluding hydrogens is 336 g/mol. The number of pyridine rings is 1. The van der Waals surface area contributed by atoms with E-state index in [1.54, 1.807) is 12.1 Å². The lowest BCUT2D eigenvalue weighted by Crippen LogP contribution is -2.19. The number of aromatic nitrogens is 1. The van der Waals surface area contributed by atoms with E-state index < -0.39 is 0 Å². The Bertz CT molecular complexity index is 1040. The van der Waals surface area contributed by atoms with Gasteiger partial charge in [0, 0.05) is 21.8 Å². The smallest absolute Gasteiger partial charge is 0.266 e. The van der Waals surface area contributed by atoms with E-state index in [1.165, 1.54) is 0 Å². The zero-order valence-corrected chi connectivity index (χ0v) is 14.2. The number of rotatable bonds is 2. The molecule has 0 radical (unpaired) electrons. The summed E-state index contributed by atoms with van der Waals surface area (Å²) in [5.41, 5.74) is 3.27. The van der Waals surface area contributed by atoms with Gasteiger partial charge in [-0.05, 0) is 67.6 Å². The largest absolute Gasteiger partial charge is 0.456 e. The zero-order valence-electron chi connectivity index (χ0n) is 13.4. The highest BCUT2D eigenvalue weighted by atomic mass is 35.5. The van der Waals surface area contributed by atoms with Crippen LogP contribution in [0, 0.1) is 11.3 Å². The molecule has 2 aromatic heterocycles. The predicted octanol–water partition coefficient (Wildman–Crippen LogP) is 4.71. The van der Waals surface area contributed by atoms with Crippen molar-refractivity contribution < 1.29 is 4.42 Å². The van der Waals surface area contributed by atoms with Gasteiger partial charge in [-0.1, -0.05) is 11.6 Å². The maximum atomic E-state index is 12.3. The van der Waals surface area contributed by atoms with Crippen LogP contribution in [-0.2, 0) is 12.8 Å². The third kappa shape index (κ3) is 2.77. The van der Waals surface area contributed by atoms with Crippen molar-refractivity contribution in [3.8, 4) is 28.7 Å². The Morgan fingerprint density at radius 2 is 1.76 bits per heavy atom. The summed E-state index contributed by atoms with van der Waals surface area (Å²) in [5.74, 6) is 1.24. The molecule has 0 unspecified atom stereocenters. The first-order chi connectivity index (χ1) is 12.2. The average Bonchev–Trinajstić information content (AvgIpc) is 3.10. The molecule has 0 saturated heterocycles. The highest BCUT2D eigenvalue weighted by molar-refractivity contribution is 6.30. The number of aromatic amines is 1. The first-order valence-corrected chi connectivity index (χ1v) is 8.59. The third-order valence-corrected chi connectivity index (χ3v) is 4.86. The molecule has 124 valence electrons. The zero-order chi connectivity index (χ0) is 17.4. The Balaban J connectivity index is 1.88. The van der Waals surface area contributed by atoms with Crippen molar-refractivity contribution in [3.63, 3.8) is 0 Å². The molecule has 3 aromatic rings. The lowest BCUT2D eigenvalue weighted by Gasteiger charge is -2.18. The van der Waals surface area contributed by atoms with E-state index in [2.05, 4.69) is 4.98 Å². The summed E-state index contributed by atoms with van der Waals surface area (Å²) in [6, 6.07) is 13.1. The molecular formula is C20H15ClN2O2. The highest BCUT2D eigenvalue weighted by Crippen LogP contribution is 2.35. The van der Waals surface area contributed by atoms with Crippen LogP contribution < -0.4 is 5.56 Å². The van der Waals surface area contributed by atoms with Gasteiger partial charge in [-0.3, -0.25) is 4.79 Å². The number of benzene rings is 1. The summed E-state index contributed by atoms with van der Waals surface area (Å²) in [7, 11) is 0. The molecule has 2 heterocycles. The molecule has 0 fully saturated rings. The van der Waals surface area contributed by atoms with E-state index in [9.17, 15) is 10.1 Å². The molecule has 0 saturated carbocycles. The number of hydrogen-bond acceptors (Lipinski definition) is 3. The molecule has 0 amide bonds. The second kappa shape index (κ2) is 6.27. The van der Waals surface area contributed by atoms with Crippen LogP contribution in [-0.4, -0.2) is 4.98 Å². The van der Waals surface area contributed by atoms with Crippen LogP contribution in [0.5, 0.6) is 0 Å². The number of nitrogens with zero attached hydrogens (tertiary/aromatic N) is 1. The molecule has 1 N–H and O–H groups in total. The van der Waals surface area contributed by atoms with E-state index in [4.69, 9.17) is 16.0 Å². The van der Waals surface area contributed by atoms with E-state index in [1.807, 2.05) is 30.3 Å². The minimum Gasteiger partial charge on any atom is -0.456 e. The fourth-order valence-electron chi connectivity index (χ4n) is 3.40. The maximum absolute atomic E-state index is 12.3. The fraction of sp³-hybridized carbons (Fsp3) is 0.200. The summed E-state index contributed by atoms with van der Waals surface area (Å²) < 4.78 is 6.01. The number of furan rings is 1. The van der Waals surface area contributed by atoms with E-state index in [-0.39, 0.29) is 11.1 Å². The second-order valence-electron chi connectivity index (χ2n) is 6.15. The highest BCUT2D eigenvalue weighted by Gasteiger charge is 2.23. The Labute approximate surface area is 149 Å². The van der Waals surface area contributed by atoms with Crippen LogP contribution in [0.25, 0.3) is 22.6 Å². The first kappa shape index (κ1) is 15.7. The molecule has 1 aliphatic rings. The minimum absolute atomic E-state index is 0.123. The second-order valence-corrected chi connectivity index (χ2v) is 6.59. The van der Waals surface area contributed by atoms with Crippen molar-refractivity contribution in [1.29, 1.82) is 5.26 Å². The SMILES string of the molecule is N#Cc1c(-c2ccc(-c3ccc(Cl)cc3)o2)c2c([nH]c1=O)CCCC2. The van der Waals surface area contributed by atoms with Gasteiger partial charge in [0.05, 0.1) is 0 Å². The number of fused-ring (bicyclic) bond motifs is 1. The van der Waals surface area contributed by atoms with Crippen molar-refractivity contribution in [2.75, 3.05) is 0 Å². The van der Waals surface area contributed by atoms with Gasteiger partial charge in [-0.25, -0.2) is 0 Å². The Kier molecular flexibility index (Phi) is 3.95. The van der Waals surface area contributed by atoms with Crippen molar-refractivity contribution in [2.45, 2.75) is 25.7 Å². The minimum atomic E-state index is -0.345. The number of H-pyrrole nitrogens is 1. The van der Waals surface area contributed by atoms with Crippen molar-refractivity contribution >= 4 is 11.6 Å². The molecule has 4 rings (SSSR count). The van der Waals surface area contributed by atoms with Crippen molar-refractivity contribution in [1.82, 2.24) is 4.98 Å². The van der Waals surface area contributed by atoms with Gasteiger partial charge in [-0.15, -0.1) is 0 Å². The van der Waals surface area contributed by atoms with Crippen LogP contribution in [0.3, 0.4) is 0 Å². The van der Waals surface area contributed by atoms with Crippen molar-refractivity contribution in [3.05, 3.63) is 68.6 Å². The normalized spacial score (nSPS) is 13.3. The Morgan fingerprint density at radius 3 is 2.52 bits per heavy atom. The van der Waals surface area contributed by atoms with Gasteiger partial charge < -0.3 is 9.40 Å². The summed E-state index contributed by atoms with van der Waals surface area (Å²) in [4.78, 5) is 15.2. The van der Waals surface area contributed by atoms with E-state index in [0.717, 1.165) is 42.5 Å². The maximum Gasteiger partial charge on any atom is 0.266 e. The number of halogens is 1. The van der Waals surface area contributed by atoms with Crippen LogP contribution >= 0.6 is 11.6 Å². The number of nitrogens with one attached hydrogen (secondary N) is 1. The Morgan fingerprint density at radius 1 is 1.04 bits per heavy atom. The monoisotopic (exact) mass is 350 g/mol. The van der Waals surface area contributed by atoms with Gasteiger partial charge in [-0.2, -0.15) is 5.26 Å². The molecule has 0 spiro atoms. The first-order valence-electron chi connectivity index (χ1n) is 8.21. The molecule has 25 heavy (non-hydrogen) atoms. The lowest BCUT2D eigenvalue weighted by molar-refractivity contribution is 0.592. The van der Waals surface area contributed by atoms with Crippen LogP contribution in [0.1, 0.15) is 29.7 Å². The standard InChI is InChI=1S/C20H15ClN2O2/c21-13-7-5-12(6-8-13)17-9-10-18(25-17)19-14-3-1-2-4-16(14)23-20(24)15(19)11-22/h5-10H,1-4H2,(H,23,24). The summed E-state index contributed by atoms with van der Waals surface area (Å²) in [6.45, 7) is 0. The topological polar surface area (TPSA) is 69.8 Å². The van der Waals surface area contributed by atoms with Gasteiger partial charge >= 0.3 is 0 Å². The molecule has 5 heteroatoms. The Hall–Kier alpha value is -2.77. The lowest BCUT2D eigenvalue weighted by atomic mass is 9.89. The van der Waals surface area contributed by atoms with Crippen LogP contribution in [0.4, 0.5) is 0 Å². The predicted molar refractivity (Wildman–Crippen MR) is 96.6 cm³/mol. The number of hydrogen-bond donors (Lipinski definition) is 1. The van der Waals surface area contributed by atoms with Crippen LogP contribution in [0.15, 0.2) is 45.6 Å². The third-order valence-electron chi connectivity index (χ3n) is 4.60. The summed E-state index contributed by atoms with van der Waals surface area (Å²) >= 11 is 5.93. The quantitative estimate of drug-likeness (QED) is 0.727. The fourth-order valence-corrected chi connectivity index (χ4v) is 3.53. The van der Waals surface area contributed by atoms with Gasteiger partial charge in [0.15, 0.2) is 0 Å². The molecule has 1 aliphatic carbocycles. The van der Waals surface area contributed by atoms with E-state index >= 15 is 0 Å². The molecule has 0 atom stereocenters. The van der Waals surface area contributed by atoms with Gasteiger partial charge in [0.2, 0.25) is 0 Å². The van der Waals surface area contributed by atoms with Gasteiger partial charge in [0.25, 0.3) is 5.56 Å². The molecule has 0 bridgehead atoms. The average molecular weight is 351 g/mol.